The number of aryl methyl sites for hydroxylation is 2. The fourth-order valence-corrected chi connectivity index (χ4v) is 4.86. The van der Waals surface area contributed by atoms with Gasteiger partial charge in [0, 0.05) is 31.7 Å². The minimum atomic E-state index is -4.51. The van der Waals surface area contributed by atoms with Gasteiger partial charge < -0.3 is 4.74 Å². The minimum Gasteiger partial charge on any atom is -0.379 e. The number of morpholine rings is 1. The zero-order valence-corrected chi connectivity index (χ0v) is 18.7. The Hall–Kier alpha value is -2.49. The Bertz CT molecular complexity index is 1120. The third kappa shape index (κ3) is 4.95. The smallest absolute Gasteiger partial charge is 0.379 e. The van der Waals surface area contributed by atoms with Crippen molar-refractivity contribution in [3.8, 4) is 0 Å². The molecule has 0 spiro atoms. The van der Waals surface area contributed by atoms with Crippen LogP contribution in [0.4, 0.5) is 18.3 Å². The lowest BCUT2D eigenvalue weighted by Crippen LogP contribution is -2.43. The summed E-state index contributed by atoms with van der Waals surface area (Å²) in [7, 11) is 0. The molecular weight excluding hydrogens is 439 g/mol. The molecular formula is C23H24F3N3O2S. The van der Waals surface area contributed by atoms with Crippen molar-refractivity contribution in [2.75, 3.05) is 44.3 Å². The van der Waals surface area contributed by atoms with E-state index in [9.17, 15) is 18.0 Å². The van der Waals surface area contributed by atoms with Gasteiger partial charge in [-0.2, -0.15) is 13.2 Å². The van der Waals surface area contributed by atoms with Crippen molar-refractivity contribution in [3.63, 3.8) is 0 Å². The van der Waals surface area contributed by atoms with E-state index in [1.807, 2.05) is 19.9 Å². The molecule has 1 aliphatic rings. The largest absolute Gasteiger partial charge is 0.416 e. The zero-order valence-electron chi connectivity index (χ0n) is 17.9. The Morgan fingerprint density at radius 1 is 1.19 bits per heavy atom. The van der Waals surface area contributed by atoms with Gasteiger partial charge >= 0.3 is 6.18 Å². The van der Waals surface area contributed by atoms with Gasteiger partial charge in [0.15, 0.2) is 5.13 Å². The minimum absolute atomic E-state index is 0.00559. The van der Waals surface area contributed by atoms with Crippen molar-refractivity contribution in [3.05, 3.63) is 58.7 Å². The first kappa shape index (κ1) is 22.7. The van der Waals surface area contributed by atoms with Crippen LogP contribution in [0.2, 0.25) is 0 Å². The van der Waals surface area contributed by atoms with Crippen molar-refractivity contribution in [2.45, 2.75) is 20.0 Å². The molecule has 1 aromatic heterocycles. The summed E-state index contributed by atoms with van der Waals surface area (Å²) in [5, 5.41) is 0.490. The van der Waals surface area contributed by atoms with Crippen molar-refractivity contribution < 1.29 is 22.7 Å². The zero-order chi connectivity index (χ0) is 22.9. The van der Waals surface area contributed by atoms with Gasteiger partial charge in [0.1, 0.15) is 0 Å². The highest BCUT2D eigenvalue weighted by atomic mass is 32.1. The number of anilines is 1. The molecule has 9 heteroatoms. The van der Waals surface area contributed by atoms with E-state index in [-0.39, 0.29) is 5.56 Å². The average Bonchev–Trinajstić information content (AvgIpc) is 3.18. The maximum Gasteiger partial charge on any atom is 0.416 e. The molecule has 1 aliphatic heterocycles. The van der Waals surface area contributed by atoms with Gasteiger partial charge in [0.25, 0.3) is 5.91 Å². The summed E-state index contributed by atoms with van der Waals surface area (Å²) < 4.78 is 46.0. The lowest BCUT2D eigenvalue weighted by molar-refractivity contribution is -0.137. The third-order valence-electron chi connectivity index (χ3n) is 5.47. The number of halogens is 3. The molecule has 5 nitrogen and oxygen atoms in total. The number of carbonyl (C=O) groups is 1. The molecule has 170 valence electrons. The fourth-order valence-electron chi connectivity index (χ4n) is 3.81. The maximum atomic E-state index is 13.4. The number of aromatic nitrogens is 1. The highest BCUT2D eigenvalue weighted by Crippen LogP contribution is 2.34. The van der Waals surface area contributed by atoms with Crippen LogP contribution in [0.1, 0.15) is 27.0 Å². The standard InChI is InChI=1S/C23H24F3N3O2S/c1-15-12-16(2)20-19(13-15)27-22(32-20)29(7-6-28-8-10-31-11-9-28)21(30)17-4-3-5-18(14-17)23(24,25)26/h3-5,12-14H,6-11H2,1-2H3. The molecule has 0 bridgehead atoms. The topological polar surface area (TPSA) is 45.7 Å². The number of nitrogens with zero attached hydrogens (tertiary/aromatic N) is 3. The molecule has 4 rings (SSSR count). The van der Waals surface area contributed by atoms with Crippen LogP contribution >= 0.6 is 11.3 Å². The molecule has 2 aromatic carbocycles. The third-order valence-corrected chi connectivity index (χ3v) is 6.69. The summed E-state index contributed by atoms with van der Waals surface area (Å²) in [6.07, 6.45) is -4.51. The summed E-state index contributed by atoms with van der Waals surface area (Å²) in [5.41, 5.74) is 2.07. The van der Waals surface area contributed by atoms with Crippen LogP contribution in [-0.4, -0.2) is 55.2 Å². The number of amides is 1. The number of hydrogen-bond donors (Lipinski definition) is 0. The summed E-state index contributed by atoms with van der Waals surface area (Å²) in [5.74, 6) is -0.488. The van der Waals surface area contributed by atoms with E-state index in [2.05, 4.69) is 16.0 Å². The number of alkyl halides is 3. The first-order valence-corrected chi connectivity index (χ1v) is 11.2. The van der Waals surface area contributed by atoms with E-state index < -0.39 is 17.6 Å². The van der Waals surface area contributed by atoms with Crippen LogP contribution in [0.3, 0.4) is 0 Å². The predicted octanol–water partition coefficient (Wildman–Crippen LogP) is 4.91. The van der Waals surface area contributed by atoms with Crippen LogP contribution in [0.5, 0.6) is 0 Å². The molecule has 32 heavy (non-hydrogen) atoms. The number of carbonyl (C=O) groups excluding carboxylic acids is 1. The van der Waals surface area contributed by atoms with Crippen molar-refractivity contribution in [1.82, 2.24) is 9.88 Å². The molecule has 0 unspecified atom stereocenters. The quantitative estimate of drug-likeness (QED) is 0.539. The van der Waals surface area contributed by atoms with Gasteiger partial charge in [-0.15, -0.1) is 0 Å². The van der Waals surface area contributed by atoms with Gasteiger partial charge in [0.05, 0.1) is 29.0 Å². The van der Waals surface area contributed by atoms with Gasteiger partial charge in [-0.1, -0.05) is 23.5 Å². The van der Waals surface area contributed by atoms with E-state index in [0.29, 0.717) is 31.4 Å². The van der Waals surface area contributed by atoms with Gasteiger partial charge in [-0.3, -0.25) is 14.6 Å². The fraction of sp³-hybridized carbons (Fsp3) is 0.391. The van der Waals surface area contributed by atoms with E-state index in [1.165, 1.54) is 28.4 Å². The van der Waals surface area contributed by atoms with Crippen molar-refractivity contribution in [1.29, 1.82) is 0 Å². The molecule has 1 saturated heterocycles. The maximum absolute atomic E-state index is 13.4. The second-order valence-electron chi connectivity index (χ2n) is 7.92. The molecule has 0 atom stereocenters. The van der Waals surface area contributed by atoms with Crippen molar-refractivity contribution in [2.24, 2.45) is 0 Å². The summed E-state index contributed by atoms with van der Waals surface area (Å²) >= 11 is 1.39. The first-order chi connectivity index (χ1) is 15.2. The molecule has 0 aliphatic carbocycles. The van der Waals surface area contributed by atoms with E-state index in [1.54, 1.807) is 0 Å². The number of benzene rings is 2. The highest BCUT2D eigenvalue weighted by molar-refractivity contribution is 7.22. The number of rotatable bonds is 5. The Labute approximate surface area is 188 Å². The highest BCUT2D eigenvalue weighted by Gasteiger charge is 2.32. The normalized spacial score (nSPS) is 15.3. The SMILES string of the molecule is Cc1cc(C)c2sc(N(CCN3CCOCC3)C(=O)c3cccc(C(F)(F)F)c3)nc2c1. The lowest BCUT2D eigenvalue weighted by atomic mass is 10.1. The molecule has 0 saturated carbocycles. The van der Waals surface area contributed by atoms with Crippen LogP contribution in [0.25, 0.3) is 10.2 Å². The molecule has 1 amide bonds. The van der Waals surface area contributed by atoms with E-state index in [0.717, 1.165) is 46.6 Å². The van der Waals surface area contributed by atoms with Gasteiger partial charge in [0.2, 0.25) is 0 Å². The number of hydrogen-bond acceptors (Lipinski definition) is 5. The van der Waals surface area contributed by atoms with Gasteiger partial charge in [-0.05, 0) is 49.2 Å². The monoisotopic (exact) mass is 463 g/mol. The molecule has 1 fully saturated rings. The lowest BCUT2D eigenvalue weighted by Gasteiger charge is -2.29. The van der Waals surface area contributed by atoms with Crippen LogP contribution in [-0.2, 0) is 10.9 Å². The molecule has 2 heterocycles. The summed E-state index contributed by atoms with van der Waals surface area (Å²) in [6, 6.07) is 8.57. The van der Waals surface area contributed by atoms with Crippen LogP contribution in [0, 0.1) is 13.8 Å². The van der Waals surface area contributed by atoms with Crippen LogP contribution in [0.15, 0.2) is 36.4 Å². The Morgan fingerprint density at radius 3 is 2.66 bits per heavy atom. The first-order valence-electron chi connectivity index (χ1n) is 10.4. The van der Waals surface area contributed by atoms with E-state index >= 15 is 0 Å². The molecule has 3 aromatic rings. The molecule has 0 N–H and O–H groups in total. The number of ether oxygens (including phenoxy) is 1. The predicted molar refractivity (Wildman–Crippen MR) is 119 cm³/mol. The Morgan fingerprint density at radius 2 is 1.94 bits per heavy atom. The Balaban J connectivity index is 1.69. The van der Waals surface area contributed by atoms with Crippen LogP contribution < -0.4 is 4.90 Å². The molecule has 0 radical (unpaired) electrons. The number of fused-ring (bicyclic) bond motifs is 1. The number of thiazole rings is 1. The summed E-state index contributed by atoms with van der Waals surface area (Å²) in [4.78, 5) is 21.8. The second-order valence-corrected chi connectivity index (χ2v) is 8.89. The summed E-state index contributed by atoms with van der Waals surface area (Å²) in [6.45, 7) is 7.64. The van der Waals surface area contributed by atoms with E-state index in [4.69, 9.17) is 4.74 Å². The second kappa shape index (κ2) is 9.17. The van der Waals surface area contributed by atoms with Crippen molar-refractivity contribution >= 4 is 32.6 Å². The average molecular weight is 464 g/mol. The van der Waals surface area contributed by atoms with Gasteiger partial charge in [-0.25, -0.2) is 4.98 Å². The Kier molecular flexibility index (Phi) is 6.50.